The fourth-order valence-corrected chi connectivity index (χ4v) is 10.7. The smallest absolute Gasteiger partial charge is 0.338 e. The largest absolute Gasteiger partial charge is 0.462 e. The van der Waals surface area contributed by atoms with Gasteiger partial charge in [0.15, 0.2) is 13.2 Å². The molecule has 2 amide bonds. The Balaban J connectivity index is 0.000000226. The summed E-state index contributed by atoms with van der Waals surface area (Å²) in [5.74, 6) is 0.486. The first-order valence-corrected chi connectivity index (χ1v) is 28.2. The molecule has 4 heterocycles. The van der Waals surface area contributed by atoms with Crippen LogP contribution in [0.2, 0.25) is 0 Å². The van der Waals surface area contributed by atoms with E-state index in [2.05, 4.69) is 83.1 Å². The summed E-state index contributed by atoms with van der Waals surface area (Å²) in [5, 5.41) is 8.71. The number of carbonyl (C=O) groups is 4. The lowest BCUT2D eigenvalue weighted by Crippen LogP contribution is -2.40. The van der Waals surface area contributed by atoms with Crippen molar-refractivity contribution in [2.75, 3.05) is 52.6 Å². The summed E-state index contributed by atoms with van der Waals surface area (Å²) in [6.07, 6.45) is 28.2. The molecular formula is C66H80N4O8. The number of benzene rings is 4. The van der Waals surface area contributed by atoms with Crippen LogP contribution in [-0.4, -0.2) is 97.6 Å². The van der Waals surface area contributed by atoms with Gasteiger partial charge < -0.3 is 28.9 Å². The molecule has 0 saturated carbocycles. The molecule has 4 aromatic carbocycles. The molecule has 0 N–H and O–H groups in total. The third-order valence-electron chi connectivity index (χ3n) is 14.7. The maximum Gasteiger partial charge on any atom is 0.338 e. The van der Waals surface area contributed by atoms with Crippen LogP contribution in [0.4, 0.5) is 0 Å². The third-order valence-corrected chi connectivity index (χ3v) is 14.7. The van der Waals surface area contributed by atoms with Crippen molar-refractivity contribution >= 4 is 35.2 Å². The van der Waals surface area contributed by atoms with E-state index in [9.17, 15) is 19.2 Å². The molecule has 78 heavy (non-hydrogen) atoms. The number of esters is 2. The van der Waals surface area contributed by atoms with Crippen LogP contribution in [0.1, 0.15) is 129 Å². The molecule has 0 bridgehead atoms. The Labute approximate surface area is 462 Å². The minimum Gasteiger partial charge on any atom is -0.462 e. The molecule has 412 valence electrons. The summed E-state index contributed by atoms with van der Waals surface area (Å²) >= 11 is 0. The molecule has 4 aliphatic rings. The minimum absolute atomic E-state index is 0.0387. The zero-order valence-electron chi connectivity index (χ0n) is 46.5. The van der Waals surface area contributed by atoms with E-state index in [0.717, 1.165) is 124 Å². The number of ether oxygens (including phenoxy) is 2. The summed E-state index contributed by atoms with van der Waals surface area (Å²) in [6, 6.07) is 29.1. The quantitative estimate of drug-likeness (QED) is 0.0870. The van der Waals surface area contributed by atoms with E-state index in [1.165, 1.54) is 11.1 Å². The van der Waals surface area contributed by atoms with Crippen molar-refractivity contribution in [1.82, 2.24) is 9.80 Å². The molecule has 0 unspecified atom stereocenters. The van der Waals surface area contributed by atoms with E-state index in [1.807, 2.05) is 98.2 Å². The molecule has 0 atom stereocenters. The molecule has 4 aliphatic heterocycles. The Hall–Kier alpha value is -7.34. The summed E-state index contributed by atoms with van der Waals surface area (Å²) in [5.41, 5.74) is 10.8. The number of allylic oxidation sites excluding steroid dienone is 6. The first kappa shape index (κ1) is 58.3. The maximum atomic E-state index is 12.9. The number of aryl methyl sites for hydroxylation is 4. The second-order valence-corrected chi connectivity index (χ2v) is 21.1. The van der Waals surface area contributed by atoms with Gasteiger partial charge in [0.25, 0.3) is 11.8 Å². The molecule has 8 rings (SSSR count). The molecule has 2 saturated heterocycles. The van der Waals surface area contributed by atoms with Crippen LogP contribution in [0, 0.1) is 39.5 Å². The first-order chi connectivity index (χ1) is 38.0. The van der Waals surface area contributed by atoms with Gasteiger partial charge in [0.05, 0.1) is 35.8 Å². The van der Waals surface area contributed by atoms with Crippen molar-refractivity contribution < 1.29 is 38.3 Å². The standard InChI is InChI=1S/2C33H40N2O4/c2*1-25-20-26(2)32-29(21-25)23-30(14-10-5-3-4-6-11-19-38-33(32)37)34-39-24-31(36)35-17-15-28(16-18-35)22-27-12-8-7-9-13-27/h2*4,6-10,12-14,20-21,28H,3,5,11,15-19,22-24H2,1-2H3/b6-4+,14-10+,34-30+;6-4+,14-10+,34-30-. The number of hydrogen-bond acceptors (Lipinski definition) is 10. The van der Waals surface area contributed by atoms with E-state index < -0.39 is 0 Å². The van der Waals surface area contributed by atoms with Crippen molar-refractivity contribution in [2.24, 2.45) is 22.1 Å². The number of oxime groups is 2. The maximum absolute atomic E-state index is 12.9. The monoisotopic (exact) mass is 1060 g/mol. The van der Waals surface area contributed by atoms with Crippen molar-refractivity contribution in [3.8, 4) is 0 Å². The van der Waals surface area contributed by atoms with Gasteiger partial charge in [-0.15, -0.1) is 0 Å². The topological polar surface area (TPSA) is 136 Å². The van der Waals surface area contributed by atoms with Crippen LogP contribution < -0.4 is 0 Å². The SMILES string of the molecule is Cc1cc(C)c2c(c1)CC(=N/OCC(=O)N1CCC(Cc3ccccc3)CC1)/C=C/CC/C=C/CCOC2=O.Cc1cc(C)c2c(c1)CC(=N\OCC(=O)N1CCC(Cc3ccccc3)CC1)/C=C/CC/C=C/CCOC2=O. The average Bonchev–Trinajstić information content (AvgIpc) is 3.45. The number of fused-ring (bicyclic) bond motifs is 2. The van der Waals surface area contributed by atoms with Gasteiger partial charge in [-0.2, -0.15) is 0 Å². The Kier molecular flexibility index (Phi) is 23.3. The second kappa shape index (κ2) is 31.2. The summed E-state index contributed by atoms with van der Waals surface area (Å²) in [7, 11) is 0. The number of carbonyl (C=O) groups excluding carboxylic acids is 4. The van der Waals surface area contributed by atoms with E-state index in [1.54, 1.807) is 0 Å². The molecular weight excluding hydrogens is 977 g/mol. The van der Waals surface area contributed by atoms with Crippen molar-refractivity contribution in [3.05, 3.63) is 189 Å². The van der Waals surface area contributed by atoms with E-state index in [-0.39, 0.29) is 37.0 Å². The number of likely N-dealkylation sites (tertiary alicyclic amines) is 2. The zero-order valence-corrected chi connectivity index (χ0v) is 46.5. The number of amides is 2. The van der Waals surface area contributed by atoms with E-state index in [4.69, 9.17) is 19.1 Å². The van der Waals surface area contributed by atoms with Crippen LogP contribution in [0.5, 0.6) is 0 Å². The van der Waals surface area contributed by atoms with Crippen molar-refractivity contribution in [3.63, 3.8) is 0 Å². The molecule has 0 radical (unpaired) electrons. The van der Waals surface area contributed by atoms with Crippen molar-refractivity contribution in [2.45, 2.75) is 118 Å². The normalized spacial score (nSPS) is 20.0. The lowest BCUT2D eigenvalue weighted by Gasteiger charge is -2.31. The third kappa shape index (κ3) is 19.0. The molecule has 12 nitrogen and oxygen atoms in total. The van der Waals surface area contributed by atoms with E-state index >= 15 is 0 Å². The molecule has 2 fully saturated rings. The van der Waals surface area contributed by atoms with Crippen LogP contribution >= 0.6 is 0 Å². The van der Waals surface area contributed by atoms with Gasteiger partial charge in [0, 0.05) is 39.0 Å². The van der Waals surface area contributed by atoms with Gasteiger partial charge in [-0.05, 0) is 162 Å². The van der Waals surface area contributed by atoms with Crippen LogP contribution in [0.15, 0.2) is 144 Å². The second-order valence-electron chi connectivity index (χ2n) is 21.1. The minimum atomic E-state index is -0.317. The zero-order chi connectivity index (χ0) is 54.9. The Bertz CT molecular complexity index is 2610. The highest BCUT2D eigenvalue weighted by atomic mass is 16.6. The predicted octanol–water partition coefficient (Wildman–Crippen LogP) is 12.3. The summed E-state index contributed by atoms with van der Waals surface area (Å²) in [6.45, 7) is 11.4. The van der Waals surface area contributed by atoms with Gasteiger partial charge >= 0.3 is 11.9 Å². The number of piperidine rings is 2. The average molecular weight is 1060 g/mol. The Morgan fingerprint density at radius 3 is 1.28 bits per heavy atom. The number of hydrogen-bond donors (Lipinski definition) is 0. The summed E-state index contributed by atoms with van der Waals surface area (Å²) in [4.78, 5) is 66.5. The number of nitrogens with zero attached hydrogens (tertiary/aromatic N) is 4. The fraction of sp³-hybridized carbons (Fsp3) is 0.424. The molecule has 12 heteroatoms. The van der Waals surface area contributed by atoms with E-state index in [0.29, 0.717) is 73.3 Å². The molecule has 0 aliphatic carbocycles. The highest BCUT2D eigenvalue weighted by molar-refractivity contribution is 6.01. The molecule has 4 aromatic rings. The first-order valence-electron chi connectivity index (χ1n) is 28.2. The van der Waals surface area contributed by atoms with Crippen molar-refractivity contribution in [1.29, 1.82) is 0 Å². The van der Waals surface area contributed by atoms with Gasteiger partial charge in [-0.3, -0.25) is 9.59 Å². The molecule has 0 aromatic heterocycles. The highest BCUT2D eigenvalue weighted by Gasteiger charge is 2.26. The van der Waals surface area contributed by atoms with Gasteiger partial charge in [-0.25, -0.2) is 9.59 Å². The van der Waals surface area contributed by atoms with Crippen LogP contribution in [0.25, 0.3) is 0 Å². The van der Waals surface area contributed by atoms with Gasteiger partial charge in [0.1, 0.15) is 0 Å². The van der Waals surface area contributed by atoms with Gasteiger partial charge in [0.2, 0.25) is 0 Å². The van der Waals surface area contributed by atoms with Crippen LogP contribution in [0.3, 0.4) is 0 Å². The highest BCUT2D eigenvalue weighted by Crippen LogP contribution is 2.25. The van der Waals surface area contributed by atoms with Gasteiger partial charge in [-0.1, -0.05) is 143 Å². The molecule has 0 spiro atoms. The van der Waals surface area contributed by atoms with Crippen LogP contribution in [-0.2, 0) is 54.4 Å². The number of cyclic esters (lactones) is 2. The Morgan fingerprint density at radius 1 is 0.513 bits per heavy atom. The fourth-order valence-electron chi connectivity index (χ4n) is 10.7. The summed E-state index contributed by atoms with van der Waals surface area (Å²) < 4.78 is 11.1. The Morgan fingerprint density at radius 2 is 0.885 bits per heavy atom. The predicted molar refractivity (Wildman–Crippen MR) is 310 cm³/mol. The lowest BCUT2D eigenvalue weighted by molar-refractivity contribution is -0.138. The number of rotatable bonds is 10. The lowest BCUT2D eigenvalue weighted by atomic mass is 9.90.